The van der Waals surface area contributed by atoms with Gasteiger partial charge in [-0.1, -0.05) is 29.8 Å². The summed E-state index contributed by atoms with van der Waals surface area (Å²) in [7, 11) is 1.76. The Morgan fingerprint density at radius 2 is 1.73 bits per heavy atom. The summed E-state index contributed by atoms with van der Waals surface area (Å²) in [5.41, 5.74) is 5.10. The third-order valence-electron chi connectivity index (χ3n) is 3.44. The largest absolute Gasteiger partial charge is 0.484 e. The third kappa shape index (κ3) is 6.70. The molecule has 0 aromatic heterocycles. The minimum absolute atomic E-state index is 0.0760. The van der Waals surface area contributed by atoms with E-state index in [0.717, 1.165) is 4.90 Å². The molecule has 8 heteroatoms. The molecule has 0 aliphatic rings. The summed E-state index contributed by atoms with van der Waals surface area (Å²) >= 11 is 5.75. The van der Waals surface area contributed by atoms with Crippen molar-refractivity contribution in [1.82, 2.24) is 10.9 Å². The molecule has 0 spiro atoms. The Bertz CT molecular complexity index is 756. The lowest BCUT2D eigenvalue weighted by atomic mass is 10.2. The summed E-state index contributed by atoms with van der Waals surface area (Å²) < 4.78 is 18.9. The van der Waals surface area contributed by atoms with Gasteiger partial charge in [-0.2, -0.15) is 0 Å². The smallest absolute Gasteiger partial charge is 0.293 e. The van der Waals surface area contributed by atoms with E-state index in [1.807, 2.05) is 0 Å². The molecule has 3 N–H and O–H groups in total. The predicted octanol–water partition coefficient (Wildman–Crippen LogP) is 0.720. The van der Waals surface area contributed by atoms with Crippen LogP contribution in [0.2, 0.25) is 5.02 Å². The summed E-state index contributed by atoms with van der Waals surface area (Å²) in [5, 5.41) is 0.566. The quantitative estimate of drug-likeness (QED) is 0.620. The number of carbonyl (C=O) groups is 2. The first-order chi connectivity index (χ1) is 12.4. The Hall–Kier alpha value is -2.64. The van der Waals surface area contributed by atoms with Gasteiger partial charge in [0.2, 0.25) is 0 Å². The highest BCUT2D eigenvalue weighted by atomic mass is 35.5. The molecule has 0 saturated heterocycles. The fraction of sp³-hybridized carbons (Fsp3) is 0.222. The number of likely N-dealkylation sites (N-methyl/N-ethyl adjacent to an activating group) is 1. The van der Waals surface area contributed by atoms with Crippen LogP contribution in [-0.2, 0) is 16.1 Å². The number of rotatable bonds is 7. The van der Waals surface area contributed by atoms with Crippen molar-refractivity contribution in [3.8, 4) is 5.75 Å². The van der Waals surface area contributed by atoms with Gasteiger partial charge in [-0.15, -0.1) is 0 Å². The van der Waals surface area contributed by atoms with E-state index in [0.29, 0.717) is 22.9 Å². The zero-order valence-electron chi connectivity index (χ0n) is 14.2. The molecule has 0 bridgehead atoms. The SMILES string of the molecule is C[NH+](CC(=O)NNC(=O)COc1ccc(Cl)cc1)Cc1ccccc1F. The van der Waals surface area contributed by atoms with Gasteiger partial charge in [0.15, 0.2) is 13.2 Å². The first-order valence-corrected chi connectivity index (χ1v) is 8.32. The Kier molecular flexibility index (Phi) is 7.37. The molecule has 0 radical (unpaired) electrons. The van der Waals surface area contributed by atoms with E-state index in [1.165, 1.54) is 6.07 Å². The van der Waals surface area contributed by atoms with Gasteiger partial charge in [-0.3, -0.25) is 20.4 Å². The molecule has 0 heterocycles. The van der Waals surface area contributed by atoms with Crippen LogP contribution in [0.4, 0.5) is 4.39 Å². The van der Waals surface area contributed by atoms with Crippen LogP contribution in [0.25, 0.3) is 0 Å². The highest BCUT2D eigenvalue weighted by Gasteiger charge is 2.13. The van der Waals surface area contributed by atoms with E-state index < -0.39 is 11.8 Å². The van der Waals surface area contributed by atoms with E-state index in [9.17, 15) is 14.0 Å². The van der Waals surface area contributed by atoms with Crippen molar-refractivity contribution in [3.63, 3.8) is 0 Å². The Morgan fingerprint density at radius 1 is 1.08 bits per heavy atom. The zero-order chi connectivity index (χ0) is 18.9. The molecular formula is C18H20ClFN3O3+. The number of hydrogen-bond acceptors (Lipinski definition) is 3. The molecule has 6 nitrogen and oxygen atoms in total. The molecule has 2 aromatic carbocycles. The number of benzene rings is 2. The van der Waals surface area contributed by atoms with Gasteiger partial charge in [-0.25, -0.2) is 4.39 Å². The number of nitrogens with one attached hydrogen (secondary N) is 3. The van der Waals surface area contributed by atoms with Gasteiger partial charge in [0, 0.05) is 10.6 Å². The lowest BCUT2D eigenvalue weighted by molar-refractivity contribution is -0.885. The van der Waals surface area contributed by atoms with Gasteiger partial charge < -0.3 is 9.64 Å². The number of quaternary nitrogens is 1. The number of carbonyl (C=O) groups excluding carboxylic acids is 2. The minimum atomic E-state index is -0.500. The van der Waals surface area contributed by atoms with Crippen molar-refractivity contribution in [1.29, 1.82) is 0 Å². The van der Waals surface area contributed by atoms with Crippen molar-refractivity contribution in [2.75, 3.05) is 20.2 Å². The fourth-order valence-electron chi connectivity index (χ4n) is 2.20. The predicted molar refractivity (Wildman–Crippen MR) is 95.1 cm³/mol. The number of hydrogen-bond donors (Lipinski definition) is 3. The molecule has 2 amide bonds. The summed E-state index contributed by atoms with van der Waals surface area (Å²) in [4.78, 5) is 24.3. The molecule has 2 aromatic rings. The van der Waals surface area contributed by atoms with Crippen LogP contribution >= 0.6 is 11.6 Å². The highest BCUT2D eigenvalue weighted by Crippen LogP contribution is 2.15. The number of amides is 2. The monoisotopic (exact) mass is 380 g/mol. The Labute approximate surface area is 155 Å². The molecule has 138 valence electrons. The molecule has 0 aliphatic carbocycles. The van der Waals surface area contributed by atoms with Crippen LogP contribution in [0.3, 0.4) is 0 Å². The number of hydrazine groups is 1. The van der Waals surface area contributed by atoms with E-state index >= 15 is 0 Å². The lowest BCUT2D eigenvalue weighted by Gasteiger charge is -2.14. The van der Waals surface area contributed by atoms with Crippen LogP contribution in [-0.4, -0.2) is 32.0 Å². The Morgan fingerprint density at radius 3 is 2.42 bits per heavy atom. The fourth-order valence-corrected chi connectivity index (χ4v) is 2.33. The Balaban J connectivity index is 1.68. The molecule has 1 atom stereocenters. The average molecular weight is 381 g/mol. The van der Waals surface area contributed by atoms with Crippen LogP contribution in [0.15, 0.2) is 48.5 Å². The molecule has 1 unspecified atom stereocenters. The second-order valence-electron chi connectivity index (χ2n) is 5.74. The maximum atomic E-state index is 13.6. The summed E-state index contributed by atoms with van der Waals surface area (Å²) in [6.07, 6.45) is 0. The van der Waals surface area contributed by atoms with Gasteiger partial charge in [0.05, 0.1) is 7.05 Å². The second kappa shape index (κ2) is 9.74. The molecular weight excluding hydrogens is 361 g/mol. The standard InChI is InChI=1S/C18H19ClFN3O3/c1-23(10-13-4-2-3-5-16(13)20)11-17(24)21-22-18(25)12-26-15-8-6-14(19)7-9-15/h2-9H,10-12H2,1H3,(H,21,24)(H,22,25)/p+1. The van der Waals surface area contributed by atoms with Gasteiger partial charge in [0.1, 0.15) is 18.1 Å². The number of ether oxygens (including phenoxy) is 1. The summed E-state index contributed by atoms with van der Waals surface area (Å²) in [6, 6.07) is 13.0. The molecule has 2 rings (SSSR count). The maximum Gasteiger partial charge on any atom is 0.293 e. The minimum Gasteiger partial charge on any atom is -0.484 e. The van der Waals surface area contributed by atoms with E-state index in [2.05, 4.69) is 10.9 Å². The van der Waals surface area contributed by atoms with Crippen LogP contribution < -0.4 is 20.5 Å². The van der Waals surface area contributed by atoms with Crippen LogP contribution in [0.1, 0.15) is 5.56 Å². The third-order valence-corrected chi connectivity index (χ3v) is 3.69. The van der Waals surface area contributed by atoms with Gasteiger partial charge in [-0.05, 0) is 30.3 Å². The van der Waals surface area contributed by atoms with Crippen molar-refractivity contribution < 1.29 is 23.6 Å². The number of halogens is 2. The molecule has 0 aliphatic heterocycles. The highest BCUT2D eigenvalue weighted by molar-refractivity contribution is 6.30. The van der Waals surface area contributed by atoms with Crippen molar-refractivity contribution in [3.05, 3.63) is 64.9 Å². The van der Waals surface area contributed by atoms with Crippen molar-refractivity contribution >= 4 is 23.4 Å². The summed E-state index contributed by atoms with van der Waals surface area (Å²) in [6.45, 7) is 0.181. The molecule has 26 heavy (non-hydrogen) atoms. The summed E-state index contributed by atoms with van der Waals surface area (Å²) in [5.74, 6) is -0.705. The molecule has 0 fully saturated rings. The van der Waals surface area contributed by atoms with Gasteiger partial charge >= 0.3 is 0 Å². The average Bonchev–Trinajstić information content (AvgIpc) is 2.61. The van der Waals surface area contributed by atoms with Crippen LogP contribution in [0, 0.1) is 5.82 Å². The van der Waals surface area contributed by atoms with E-state index in [-0.39, 0.29) is 19.0 Å². The van der Waals surface area contributed by atoms with Gasteiger partial charge in [0.25, 0.3) is 11.8 Å². The first-order valence-electron chi connectivity index (χ1n) is 7.95. The van der Waals surface area contributed by atoms with Crippen molar-refractivity contribution in [2.45, 2.75) is 6.54 Å². The normalized spacial score (nSPS) is 11.5. The second-order valence-corrected chi connectivity index (χ2v) is 6.18. The topological polar surface area (TPSA) is 71.9 Å². The van der Waals surface area contributed by atoms with Crippen LogP contribution in [0.5, 0.6) is 5.75 Å². The van der Waals surface area contributed by atoms with E-state index in [4.69, 9.17) is 16.3 Å². The maximum absolute atomic E-state index is 13.6. The molecule has 0 saturated carbocycles. The zero-order valence-corrected chi connectivity index (χ0v) is 15.0. The lowest BCUT2D eigenvalue weighted by Crippen LogP contribution is -3.09. The first kappa shape index (κ1) is 19.7. The van der Waals surface area contributed by atoms with Crippen molar-refractivity contribution in [2.24, 2.45) is 0 Å². The van der Waals surface area contributed by atoms with E-state index in [1.54, 1.807) is 49.5 Å².